The van der Waals surface area contributed by atoms with Crippen molar-refractivity contribution in [3.05, 3.63) is 14.3 Å². The van der Waals surface area contributed by atoms with E-state index in [-0.39, 0.29) is 10.6 Å². The smallest absolute Gasteiger partial charge is 0.296 e. The minimum Gasteiger partial charge on any atom is -0.506 e. The van der Waals surface area contributed by atoms with E-state index in [0.29, 0.717) is 14.3 Å². The molecule has 0 spiro atoms. The normalized spacial score (nSPS) is 11.8. The van der Waals surface area contributed by atoms with Crippen molar-refractivity contribution >= 4 is 100 Å². The van der Waals surface area contributed by atoms with Gasteiger partial charge in [-0.05, 0) is 90.4 Å². The first kappa shape index (κ1) is 14.9. The summed E-state index contributed by atoms with van der Waals surface area (Å²) in [6.07, 6.45) is 0. The van der Waals surface area contributed by atoms with Crippen LogP contribution in [0.15, 0.2) is 4.90 Å². The summed E-state index contributed by atoms with van der Waals surface area (Å²) in [6.45, 7) is 0. The minimum atomic E-state index is -4.26. The zero-order chi connectivity index (χ0) is 12.0. The summed E-state index contributed by atoms with van der Waals surface area (Å²) in [5.41, 5.74) is 0. The SMILES string of the molecule is O=S(=O)(O)c1c(I)c(I)c(O)c(I)c1I. The van der Waals surface area contributed by atoms with Gasteiger partial charge in [-0.2, -0.15) is 8.42 Å². The Labute approximate surface area is 141 Å². The number of aromatic hydroxyl groups is 1. The van der Waals surface area contributed by atoms with E-state index in [1.54, 1.807) is 45.2 Å². The number of phenolic OH excluding ortho intramolecular Hbond substituents is 1. The van der Waals surface area contributed by atoms with E-state index in [1.165, 1.54) is 0 Å². The van der Waals surface area contributed by atoms with Crippen molar-refractivity contribution in [1.29, 1.82) is 0 Å². The van der Waals surface area contributed by atoms with Gasteiger partial charge >= 0.3 is 0 Å². The fourth-order valence-corrected chi connectivity index (χ4v) is 6.68. The Morgan fingerprint density at radius 2 is 1.20 bits per heavy atom. The molecule has 0 aromatic heterocycles. The molecule has 0 saturated heterocycles. The topological polar surface area (TPSA) is 74.6 Å². The Morgan fingerprint density at radius 1 is 0.867 bits per heavy atom. The number of hydrogen-bond acceptors (Lipinski definition) is 3. The van der Waals surface area contributed by atoms with Gasteiger partial charge in [0.05, 0.1) is 14.3 Å². The zero-order valence-corrected chi connectivity index (χ0v) is 16.1. The van der Waals surface area contributed by atoms with E-state index < -0.39 is 10.1 Å². The van der Waals surface area contributed by atoms with Gasteiger partial charge in [0.15, 0.2) is 0 Å². The summed E-state index contributed by atoms with van der Waals surface area (Å²) in [5, 5.41) is 9.66. The number of rotatable bonds is 1. The first-order valence-electron chi connectivity index (χ1n) is 3.20. The molecule has 84 valence electrons. The van der Waals surface area contributed by atoms with Crippen molar-refractivity contribution in [2.75, 3.05) is 0 Å². The molecular weight excluding hydrogens is 676 g/mol. The van der Waals surface area contributed by atoms with Gasteiger partial charge in [-0.25, -0.2) is 0 Å². The second-order valence-corrected chi connectivity index (χ2v) is 8.08. The van der Waals surface area contributed by atoms with Crippen molar-refractivity contribution in [2.24, 2.45) is 0 Å². The molecule has 1 aromatic rings. The van der Waals surface area contributed by atoms with Gasteiger partial charge < -0.3 is 5.11 Å². The van der Waals surface area contributed by atoms with Crippen LogP contribution < -0.4 is 0 Å². The number of phenols is 1. The number of halogens is 4. The Kier molecular flexibility index (Phi) is 5.20. The molecule has 0 amide bonds. The van der Waals surface area contributed by atoms with Gasteiger partial charge in [0.2, 0.25) is 0 Å². The fourth-order valence-electron chi connectivity index (χ4n) is 0.826. The van der Waals surface area contributed by atoms with E-state index in [1.807, 2.05) is 45.2 Å². The summed E-state index contributed by atoms with van der Waals surface area (Å²) in [6, 6.07) is 0. The van der Waals surface area contributed by atoms with Crippen LogP contribution in [0.2, 0.25) is 0 Å². The highest BCUT2D eigenvalue weighted by Gasteiger charge is 2.25. The fraction of sp³-hybridized carbons (Fsp3) is 0. The lowest BCUT2D eigenvalue weighted by Gasteiger charge is -2.10. The first-order valence-corrected chi connectivity index (χ1v) is 8.95. The minimum absolute atomic E-state index is 0.0393. The first-order chi connectivity index (χ1) is 6.68. The van der Waals surface area contributed by atoms with Crippen LogP contribution in [0.1, 0.15) is 0 Å². The number of hydrogen-bond donors (Lipinski definition) is 2. The Hall–Kier alpha value is 1.85. The van der Waals surface area contributed by atoms with Crippen molar-refractivity contribution in [3.8, 4) is 5.75 Å². The lowest BCUT2D eigenvalue weighted by molar-refractivity contribution is 0.463. The average Bonchev–Trinajstić information content (AvgIpc) is 2.09. The molecule has 2 N–H and O–H groups in total. The van der Waals surface area contributed by atoms with Crippen LogP contribution in [0.4, 0.5) is 0 Å². The maximum Gasteiger partial charge on any atom is 0.296 e. The van der Waals surface area contributed by atoms with Crippen molar-refractivity contribution < 1.29 is 18.1 Å². The lowest BCUT2D eigenvalue weighted by atomic mass is 10.3. The summed E-state index contributed by atoms with van der Waals surface area (Å²) >= 11 is 7.24. The molecule has 15 heavy (non-hydrogen) atoms. The molecule has 0 bridgehead atoms. The Bertz CT molecular complexity index is 495. The lowest BCUT2D eigenvalue weighted by Crippen LogP contribution is -2.07. The predicted octanol–water partition coefficient (Wildman–Crippen LogP) is 3.06. The van der Waals surface area contributed by atoms with Gasteiger partial charge in [0, 0.05) is 0 Å². The molecular formula is C6H2I4O4S. The van der Waals surface area contributed by atoms with Crippen LogP contribution in [-0.4, -0.2) is 18.1 Å². The highest BCUT2D eigenvalue weighted by atomic mass is 127. The third kappa shape index (κ3) is 3.00. The predicted molar refractivity (Wildman–Crippen MR) is 88.8 cm³/mol. The van der Waals surface area contributed by atoms with Crippen molar-refractivity contribution in [2.45, 2.75) is 4.90 Å². The third-order valence-electron chi connectivity index (χ3n) is 1.46. The van der Waals surface area contributed by atoms with E-state index >= 15 is 0 Å². The highest BCUT2D eigenvalue weighted by molar-refractivity contribution is 14.1. The van der Waals surface area contributed by atoms with E-state index in [9.17, 15) is 13.5 Å². The molecule has 0 fully saturated rings. The molecule has 1 rings (SSSR count). The summed E-state index contributed by atoms with van der Waals surface area (Å²) in [4.78, 5) is -0.143. The molecule has 0 unspecified atom stereocenters. The second-order valence-electron chi connectivity index (χ2n) is 2.41. The average molecular weight is 678 g/mol. The van der Waals surface area contributed by atoms with Gasteiger partial charge in [-0.1, -0.05) is 0 Å². The van der Waals surface area contributed by atoms with Crippen LogP contribution in [-0.2, 0) is 10.1 Å². The Balaban J connectivity index is 3.84. The maximum absolute atomic E-state index is 11.1. The largest absolute Gasteiger partial charge is 0.506 e. The van der Waals surface area contributed by atoms with E-state index in [0.717, 1.165) is 0 Å². The van der Waals surface area contributed by atoms with Crippen molar-refractivity contribution in [3.63, 3.8) is 0 Å². The second kappa shape index (κ2) is 5.23. The Morgan fingerprint density at radius 3 is 1.47 bits per heavy atom. The highest BCUT2D eigenvalue weighted by Crippen LogP contribution is 2.38. The monoisotopic (exact) mass is 678 g/mol. The molecule has 0 atom stereocenters. The summed E-state index contributed by atoms with van der Waals surface area (Å²) < 4.78 is 32.9. The molecule has 0 aliphatic rings. The van der Waals surface area contributed by atoms with Gasteiger partial charge in [-0.3, -0.25) is 4.55 Å². The van der Waals surface area contributed by atoms with Gasteiger partial charge in [0.1, 0.15) is 10.6 Å². The van der Waals surface area contributed by atoms with Crippen LogP contribution in [0.3, 0.4) is 0 Å². The van der Waals surface area contributed by atoms with Gasteiger partial charge in [-0.15, -0.1) is 0 Å². The van der Waals surface area contributed by atoms with Crippen molar-refractivity contribution in [1.82, 2.24) is 0 Å². The molecule has 9 heteroatoms. The quantitative estimate of drug-likeness (QED) is 0.273. The zero-order valence-electron chi connectivity index (χ0n) is 6.63. The summed E-state index contributed by atoms with van der Waals surface area (Å²) in [5.74, 6) is 0.0393. The van der Waals surface area contributed by atoms with E-state index in [4.69, 9.17) is 4.55 Å². The molecule has 0 radical (unpaired) electrons. The van der Waals surface area contributed by atoms with Crippen LogP contribution in [0.5, 0.6) is 5.75 Å². The van der Waals surface area contributed by atoms with Crippen LogP contribution in [0, 0.1) is 14.3 Å². The molecule has 0 heterocycles. The number of benzene rings is 1. The summed E-state index contributed by atoms with van der Waals surface area (Å²) in [7, 11) is -4.26. The van der Waals surface area contributed by atoms with Gasteiger partial charge in [0.25, 0.3) is 10.1 Å². The van der Waals surface area contributed by atoms with Crippen LogP contribution >= 0.6 is 90.4 Å². The molecule has 0 aliphatic carbocycles. The molecule has 0 saturated carbocycles. The van der Waals surface area contributed by atoms with Crippen LogP contribution in [0.25, 0.3) is 0 Å². The maximum atomic E-state index is 11.1. The molecule has 1 aromatic carbocycles. The molecule has 4 nitrogen and oxygen atoms in total. The third-order valence-corrected chi connectivity index (χ3v) is 9.44. The standard InChI is InChI=1S/C6H2I4O4S/c7-1-3(9)6(15(12,13)14)4(10)2(8)5(1)11/h11H,(H,12,13,14). The molecule has 0 aliphatic heterocycles. The van der Waals surface area contributed by atoms with E-state index in [2.05, 4.69) is 0 Å².